The highest BCUT2D eigenvalue weighted by Crippen LogP contribution is 2.31. The Balaban J connectivity index is 1.82. The van der Waals surface area contributed by atoms with Crippen LogP contribution in [0.5, 0.6) is 5.75 Å². The number of methoxy groups -OCH3 is 1. The molecule has 2 aromatic carbocycles. The van der Waals surface area contributed by atoms with E-state index in [0.29, 0.717) is 27.4 Å². The van der Waals surface area contributed by atoms with E-state index in [9.17, 15) is 14.9 Å². The quantitative estimate of drug-likeness (QED) is 0.345. The largest absolute Gasteiger partial charge is 0.496 e. The normalized spacial score (nSPS) is 10.6. The summed E-state index contributed by atoms with van der Waals surface area (Å²) < 4.78 is 5.04. The number of nitro benzene ring substituents is 1. The van der Waals surface area contributed by atoms with Crippen molar-refractivity contribution in [3.8, 4) is 17.0 Å². The molecule has 0 radical (unpaired) electrons. The van der Waals surface area contributed by atoms with Gasteiger partial charge in [-0.05, 0) is 48.5 Å². The predicted octanol–water partition coefficient (Wildman–Crippen LogP) is 5.12. The minimum atomic E-state index is -0.583. The van der Waals surface area contributed by atoms with E-state index < -0.39 is 10.8 Å². The molecule has 2 heterocycles. The predicted molar refractivity (Wildman–Crippen MR) is 118 cm³/mol. The molecule has 4 aromatic rings. The molecular formula is C22H15ClN4O4. The van der Waals surface area contributed by atoms with Gasteiger partial charge < -0.3 is 10.1 Å². The Bertz CT molecular complexity index is 1310. The second-order valence-electron chi connectivity index (χ2n) is 6.55. The molecule has 0 bridgehead atoms. The van der Waals surface area contributed by atoms with Crippen molar-refractivity contribution < 1.29 is 14.5 Å². The van der Waals surface area contributed by atoms with Crippen LogP contribution in [-0.4, -0.2) is 27.9 Å². The molecule has 154 valence electrons. The summed E-state index contributed by atoms with van der Waals surface area (Å²) in [7, 11) is 1.41. The van der Waals surface area contributed by atoms with Crippen molar-refractivity contribution in [1.82, 2.24) is 9.97 Å². The fourth-order valence-corrected chi connectivity index (χ4v) is 3.30. The number of carbonyl (C=O) groups is 1. The summed E-state index contributed by atoms with van der Waals surface area (Å²) in [6.07, 6.45) is 3.28. The Morgan fingerprint density at radius 2 is 2.00 bits per heavy atom. The van der Waals surface area contributed by atoms with Crippen LogP contribution in [0.4, 0.5) is 11.4 Å². The zero-order valence-electron chi connectivity index (χ0n) is 16.2. The molecule has 0 fully saturated rings. The number of nitrogens with zero attached hydrogens (tertiary/aromatic N) is 3. The van der Waals surface area contributed by atoms with Gasteiger partial charge in [0.15, 0.2) is 0 Å². The summed E-state index contributed by atoms with van der Waals surface area (Å²) in [5.74, 6) is -0.224. The summed E-state index contributed by atoms with van der Waals surface area (Å²) in [6.45, 7) is 0. The first-order chi connectivity index (χ1) is 15.0. The lowest BCUT2D eigenvalue weighted by Crippen LogP contribution is -2.14. The lowest BCUT2D eigenvalue weighted by atomic mass is 10.0. The number of rotatable bonds is 5. The van der Waals surface area contributed by atoms with Crippen LogP contribution in [0.25, 0.3) is 22.2 Å². The number of carbonyl (C=O) groups excluding carboxylic acids is 1. The van der Waals surface area contributed by atoms with Gasteiger partial charge in [-0.15, -0.1) is 0 Å². The van der Waals surface area contributed by atoms with Crippen LogP contribution in [0.1, 0.15) is 10.4 Å². The monoisotopic (exact) mass is 434 g/mol. The summed E-state index contributed by atoms with van der Waals surface area (Å²) in [5, 5.41) is 15.1. The Morgan fingerprint density at radius 1 is 1.16 bits per heavy atom. The molecule has 0 aliphatic heterocycles. The van der Waals surface area contributed by atoms with Crippen LogP contribution >= 0.6 is 11.6 Å². The summed E-state index contributed by atoms with van der Waals surface area (Å²) in [4.78, 5) is 32.8. The van der Waals surface area contributed by atoms with E-state index in [2.05, 4.69) is 15.3 Å². The number of anilines is 1. The summed E-state index contributed by atoms with van der Waals surface area (Å²) >= 11 is 6.14. The average Bonchev–Trinajstić information content (AvgIpc) is 2.79. The van der Waals surface area contributed by atoms with Gasteiger partial charge in [0.25, 0.3) is 11.6 Å². The van der Waals surface area contributed by atoms with Crippen LogP contribution in [0.3, 0.4) is 0 Å². The third-order valence-electron chi connectivity index (χ3n) is 4.62. The Morgan fingerprint density at radius 3 is 2.71 bits per heavy atom. The number of amides is 1. The van der Waals surface area contributed by atoms with Crippen LogP contribution in [0, 0.1) is 10.1 Å². The lowest BCUT2D eigenvalue weighted by Gasteiger charge is -2.11. The van der Waals surface area contributed by atoms with Gasteiger partial charge in [0.2, 0.25) is 0 Å². The molecule has 9 heteroatoms. The number of hydrogen-bond donors (Lipinski definition) is 1. The molecule has 0 unspecified atom stereocenters. The SMILES string of the molecule is COc1ccc(NC(=O)c2cc(-c3cccnc3)nc3ccc(Cl)cc23)c([N+](=O)[O-])c1. The maximum atomic E-state index is 13.2. The molecule has 1 N–H and O–H groups in total. The third-order valence-corrected chi connectivity index (χ3v) is 4.86. The standard InChI is InChI=1S/C22H15ClN4O4/c1-31-15-5-7-19(21(10-15)27(29)30)26-22(28)17-11-20(13-3-2-8-24-12-13)25-18-6-4-14(23)9-16(17)18/h2-12H,1H3,(H,26,28). The molecule has 2 aromatic heterocycles. The highest BCUT2D eigenvalue weighted by Gasteiger charge is 2.20. The number of hydrogen-bond acceptors (Lipinski definition) is 6. The summed E-state index contributed by atoms with van der Waals surface area (Å²) in [6, 6.07) is 14.4. The van der Waals surface area contributed by atoms with Crippen LogP contribution in [-0.2, 0) is 0 Å². The van der Waals surface area contributed by atoms with Crippen molar-refractivity contribution in [3.63, 3.8) is 0 Å². The Kier molecular flexibility index (Phi) is 5.46. The molecule has 1 amide bonds. The molecule has 0 aliphatic carbocycles. The number of nitro groups is 1. The number of ether oxygens (including phenoxy) is 1. The Hall–Kier alpha value is -4.04. The van der Waals surface area contributed by atoms with Gasteiger partial charge in [-0.3, -0.25) is 19.9 Å². The van der Waals surface area contributed by atoms with Crippen molar-refractivity contribution >= 4 is 39.8 Å². The van der Waals surface area contributed by atoms with Crippen LogP contribution < -0.4 is 10.1 Å². The Labute approximate surface area is 181 Å². The zero-order valence-corrected chi connectivity index (χ0v) is 17.0. The molecule has 0 saturated heterocycles. The zero-order chi connectivity index (χ0) is 22.0. The molecule has 8 nitrogen and oxygen atoms in total. The fourth-order valence-electron chi connectivity index (χ4n) is 3.13. The second kappa shape index (κ2) is 8.37. The number of benzene rings is 2. The molecule has 31 heavy (non-hydrogen) atoms. The van der Waals surface area contributed by atoms with Gasteiger partial charge in [-0.2, -0.15) is 0 Å². The topological polar surface area (TPSA) is 107 Å². The van der Waals surface area contributed by atoms with Gasteiger partial charge in [0.05, 0.1) is 34.9 Å². The molecule has 0 aliphatic rings. The van der Waals surface area contributed by atoms with E-state index in [1.165, 1.54) is 25.3 Å². The molecule has 0 spiro atoms. The van der Waals surface area contributed by atoms with Gasteiger partial charge in [-0.25, -0.2) is 4.98 Å². The minimum absolute atomic E-state index is 0.0470. The number of fused-ring (bicyclic) bond motifs is 1. The van der Waals surface area contributed by atoms with E-state index in [1.807, 2.05) is 6.07 Å². The highest BCUT2D eigenvalue weighted by molar-refractivity contribution is 6.31. The van der Waals surface area contributed by atoms with Crippen LogP contribution in [0.2, 0.25) is 5.02 Å². The van der Waals surface area contributed by atoms with Gasteiger partial charge in [0, 0.05) is 28.4 Å². The van der Waals surface area contributed by atoms with Gasteiger partial charge >= 0.3 is 0 Å². The number of aromatic nitrogens is 2. The van der Waals surface area contributed by atoms with E-state index in [4.69, 9.17) is 16.3 Å². The number of halogens is 1. The number of nitrogens with one attached hydrogen (secondary N) is 1. The first-order valence-corrected chi connectivity index (χ1v) is 9.48. The minimum Gasteiger partial charge on any atom is -0.496 e. The first kappa shape index (κ1) is 20.2. The van der Waals surface area contributed by atoms with Crippen molar-refractivity contribution in [2.45, 2.75) is 0 Å². The van der Waals surface area contributed by atoms with Crippen LogP contribution in [0.15, 0.2) is 67.0 Å². The molecule has 0 saturated carbocycles. The first-order valence-electron chi connectivity index (χ1n) is 9.11. The number of pyridine rings is 2. The van der Waals surface area contributed by atoms with Crippen molar-refractivity contribution in [2.24, 2.45) is 0 Å². The van der Waals surface area contributed by atoms with Crippen molar-refractivity contribution in [2.75, 3.05) is 12.4 Å². The molecule has 0 atom stereocenters. The average molecular weight is 435 g/mol. The van der Waals surface area contributed by atoms with E-state index in [1.54, 1.807) is 42.7 Å². The van der Waals surface area contributed by atoms with E-state index in [-0.39, 0.29) is 16.9 Å². The van der Waals surface area contributed by atoms with Crippen molar-refractivity contribution in [1.29, 1.82) is 0 Å². The fraction of sp³-hybridized carbons (Fsp3) is 0.0455. The van der Waals surface area contributed by atoms with Gasteiger partial charge in [0.1, 0.15) is 11.4 Å². The molecular weight excluding hydrogens is 420 g/mol. The summed E-state index contributed by atoms with van der Waals surface area (Å²) in [5.41, 5.74) is 1.86. The second-order valence-corrected chi connectivity index (χ2v) is 6.99. The molecule has 4 rings (SSSR count). The van der Waals surface area contributed by atoms with E-state index >= 15 is 0 Å². The van der Waals surface area contributed by atoms with E-state index in [0.717, 1.165) is 5.56 Å². The third kappa shape index (κ3) is 4.15. The maximum Gasteiger partial charge on any atom is 0.296 e. The highest BCUT2D eigenvalue weighted by atomic mass is 35.5. The van der Waals surface area contributed by atoms with Gasteiger partial charge in [-0.1, -0.05) is 11.6 Å². The maximum absolute atomic E-state index is 13.2. The van der Waals surface area contributed by atoms with Crippen molar-refractivity contribution in [3.05, 3.63) is 87.7 Å². The lowest BCUT2D eigenvalue weighted by molar-refractivity contribution is -0.384. The smallest absolute Gasteiger partial charge is 0.296 e.